The minimum Gasteiger partial charge on any atom is -0.377 e. The molecule has 1 N–H and O–H groups in total. The summed E-state index contributed by atoms with van der Waals surface area (Å²) in [6, 6.07) is 0.687. The summed E-state index contributed by atoms with van der Waals surface area (Å²) in [5.41, 5.74) is 0. The van der Waals surface area contributed by atoms with Crippen LogP contribution in [0.5, 0.6) is 0 Å². The molecule has 0 spiro atoms. The molecule has 2 rings (SSSR count). The molecule has 2 heterocycles. The highest BCUT2D eigenvalue weighted by Crippen LogP contribution is 2.18. The second-order valence-corrected chi connectivity index (χ2v) is 5.50. The van der Waals surface area contributed by atoms with Gasteiger partial charge in [0.2, 0.25) is 0 Å². The Hall–Kier alpha value is -0.120. The molecule has 2 atom stereocenters. The van der Waals surface area contributed by atoms with Crippen molar-refractivity contribution >= 4 is 0 Å². The van der Waals surface area contributed by atoms with Crippen molar-refractivity contribution in [2.45, 2.75) is 45.3 Å². The van der Waals surface area contributed by atoms with Crippen LogP contribution in [0.1, 0.15) is 33.1 Å². The summed E-state index contributed by atoms with van der Waals surface area (Å²) in [6.45, 7) is 10.3. The van der Waals surface area contributed by atoms with Crippen LogP contribution in [0.4, 0.5) is 0 Å². The fourth-order valence-electron chi connectivity index (χ4n) is 2.89. The van der Waals surface area contributed by atoms with Crippen molar-refractivity contribution in [2.75, 3.05) is 32.8 Å². The van der Waals surface area contributed by atoms with E-state index in [2.05, 4.69) is 24.1 Å². The summed E-state index contributed by atoms with van der Waals surface area (Å²) in [6.07, 6.45) is 4.28. The average Bonchev–Trinajstić information content (AvgIpc) is 2.63. The summed E-state index contributed by atoms with van der Waals surface area (Å²) in [5.74, 6) is 0.729. The van der Waals surface area contributed by atoms with Crippen LogP contribution in [0.25, 0.3) is 0 Å². The van der Waals surface area contributed by atoms with Crippen molar-refractivity contribution in [3.8, 4) is 0 Å². The van der Waals surface area contributed by atoms with E-state index in [1.807, 2.05) is 0 Å². The lowest BCUT2D eigenvalue weighted by molar-refractivity contribution is 0.0509. The van der Waals surface area contributed by atoms with E-state index in [1.165, 1.54) is 32.4 Å². The lowest BCUT2D eigenvalue weighted by Crippen LogP contribution is -2.46. The number of ether oxygens (including phenoxy) is 1. The molecule has 2 aliphatic rings. The first-order chi connectivity index (χ1) is 7.77. The van der Waals surface area contributed by atoms with Gasteiger partial charge < -0.3 is 10.1 Å². The molecule has 0 aliphatic carbocycles. The molecular formula is C13H26N2O. The molecule has 0 bridgehead atoms. The molecule has 2 unspecified atom stereocenters. The van der Waals surface area contributed by atoms with E-state index in [-0.39, 0.29) is 0 Å². The standard InChI is InChI=1S/C13H26N2O/c1-11(2)13-9-14-6-4-7-15(13)10-12-5-3-8-16-12/h11-14H,3-10H2,1-2H3. The lowest BCUT2D eigenvalue weighted by atomic mass is 10.0. The first-order valence-electron chi connectivity index (χ1n) is 6.83. The third kappa shape index (κ3) is 3.19. The van der Waals surface area contributed by atoms with E-state index in [0.29, 0.717) is 12.1 Å². The topological polar surface area (TPSA) is 24.5 Å². The van der Waals surface area contributed by atoms with Gasteiger partial charge >= 0.3 is 0 Å². The van der Waals surface area contributed by atoms with Gasteiger partial charge in [-0.05, 0) is 38.3 Å². The second kappa shape index (κ2) is 5.99. The summed E-state index contributed by atoms with van der Waals surface area (Å²) in [5, 5.41) is 3.55. The number of hydrogen-bond acceptors (Lipinski definition) is 3. The molecule has 16 heavy (non-hydrogen) atoms. The van der Waals surface area contributed by atoms with Crippen LogP contribution in [-0.2, 0) is 4.74 Å². The number of rotatable bonds is 3. The van der Waals surface area contributed by atoms with Crippen LogP contribution >= 0.6 is 0 Å². The predicted octanol–water partition coefficient (Wildman–Crippen LogP) is 1.49. The van der Waals surface area contributed by atoms with Gasteiger partial charge in [-0.1, -0.05) is 13.8 Å². The summed E-state index contributed by atoms with van der Waals surface area (Å²) < 4.78 is 5.76. The molecule has 2 saturated heterocycles. The van der Waals surface area contributed by atoms with Gasteiger partial charge in [0.1, 0.15) is 0 Å². The molecule has 0 aromatic carbocycles. The quantitative estimate of drug-likeness (QED) is 0.789. The van der Waals surface area contributed by atoms with Crippen molar-refractivity contribution in [3.63, 3.8) is 0 Å². The van der Waals surface area contributed by atoms with E-state index >= 15 is 0 Å². The largest absolute Gasteiger partial charge is 0.377 e. The molecule has 0 aromatic heterocycles. The molecule has 0 aromatic rings. The van der Waals surface area contributed by atoms with Gasteiger partial charge in [-0.2, -0.15) is 0 Å². The maximum Gasteiger partial charge on any atom is 0.0702 e. The normalized spacial score (nSPS) is 33.2. The Kier molecular flexibility index (Phi) is 4.62. The molecule has 3 heteroatoms. The summed E-state index contributed by atoms with van der Waals surface area (Å²) in [7, 11) is 0. The Balaban J connectivity index is 1.90. The van der Waals surface area contributed by atoms with Crippen LogP contribution < -0.4 is 5.32 Å². The minimum absolute atomic E-state index is 0.499. The maximum atomic E-state index is 5.76. The molecule has 0 saturated carbocycles. The van der Waals surface area contributed by atoms with Gasteiger partial charge in [0.25, 0.3) is 0 Å². The minimum atomic E-state index is 0.499. The van der Waals surface area contributed by atoms with Crippen LogP contribution in [0.15, 0.2) is 0 Å². The van der Waals surface area contributed by atoms with E-state index in [4.69, 9.17) is 4.74 Å². The number of nitrogens with one attached hydrogen (secondary N) is 1. The van der Waals surface area contributed by atoms with Crippen molar-refractivity contribution in [1.82, 2.24) is 10.2 Å². The molecule has 2 fully saturated rings. The number of nitrogens with zero attached hydrogens (tertiary/aromatic N) is 1. The number of hydrogen-bond donors (Lipinski definition) is 1. The van der Waals surface area contributed by atoms with Crippen molar-refractivity contribution in [1.29, 1.82) is 0 Å². The van der Waals surface area contributed by atoms with Crippen LogP contribution in [0.3, 0.4) is 0 Å². The van der Waals surface area contributed by atoms with Gasteiger partial charge in [0.15, 0.2) is 0 Å². The third-order valence-electron chi connectivity index (χ3n) is 3.85. The Bertz CT molecular complexity index is 202. The highest BCUT2D eigenvalue weighted by atomic mass is 16.5. The SMILES string of the molecule is CC(C)C1CNCCCN1CC1CCCO1. The Labute approximate surface area is 99.5 Å². The van der Waals surface area contributed by atoms with Gasteiger partial charge in [-0.25, -0.2) is 0 Å². The average molecular weight is 226 g/mol. The van der Waals surface area contributed by atoms with Crippen molar-refractivity contribution in [3.05, 3.63) is 0 Å². The zero-order valence-corrected chi connectivity index (χ0v) is 10.7. The summed E-state index contributed by atoms with van der Waals surface area (Å²) >= 11 is 0. The second-order valence-electron chi connectivity index (χ2n) is 5.50. The van der Waals surface area contributed by atoms with Gasteiger partial charge in [0.05, 0.1) is 6.10 Å². The fraction of sp³-hybridized carbons (Fsp3) is 1.00. The Morgan fingerprint density at radius 1 is 1.38 bits per heavy atom. The van der Waals surface area contributed by atoms with E-state index < -0.39 is 0 Å². The van der Waals surface area contributed by atoms with Crippen molar-refractivity contribution < 1.29 is 4.74 Å². The van der Waals surface area contributed by atoms with Crippen molar-refractivity contribution in [2.24, 2.45) is 5.92 Å². The summed E-state index contributed by atoms with van der Waals surface area (Å²) in [4.78, 5) is 2.65. The molecule has 94 valence electrons. The first-order valence-corrected chi connectivity index (χ1v) is 6.83. The smallest absolute Gasteiger partial charge is 0.0702 e. The fourth-order valence-corrected chi connectivity index (χ4v) is 2.89. The van der Waals surface area contributed by atoms with Crippen LogP contribution in [0.2, 0.25) is 0 Å². The zero-order valence-electron chi connectivity index (χ0n) is 10.7. The third-order valence-corrected chi connectivity index (χ3v) is 3.85. The Morgan fingerprint density at radius 2 is 2.25 bits per heavy atom. The molecular weight excluding hydrogens is 200 g/mol. The first kappa shape index (κ1) is 12.3. The maximum absolute atomic E-state index is 5.76. The van der Waals surface area contributed by atoms with Crippen LogP contribution in [-0.4, -0.2) is 49.8 Å². The molecule has 3 nitrogen and oxygen atoms in total. The Morgan fingerprint density at radius 3 is 2.94 bits per heavy atom. The van der Waals surface area contributed by atoms with Crippen LogP contribution in [0, 0.1) is 5.92 Å². The lowest BCUT2D eigenvalue weighted by Gasteiger charge is -2.34. The van der Waals surface area contributed by atoms with Gasteiger partial charge in [-0.15, -0.1) is 0 Å². The van der Waals surface area contributed by atoms with Gasteiger partial charge in [0, 0.05) is 25.7 Å². The monoisotopic (exact) mass is 226 g/mol. The molecule has 2 aliphatic heterocycles. The van der Waals surface area contributed by atoms with Gasteiger partial charge in [-0.3, -0.25) is 4.90 Å². The van der Waals surface area contributed by atoms with E-state index in [1.54, 1.807) is 0 Å². The predicted molar refractivity (Wildman–Crippen MR) is 66.7 cm³/mol. The highest BCUT2D eigenvalue weighted by molar-refractivity contribution is 4.83. The zero-order chi connectivity index (χ0) is 11.4. The van der Waals surface area contributed by atoms with E-state index in [0.717, 1.165) is 25.6 Å². The van der Waals surface area contributed by atoms with E-state index in [9.17, 15) is 0 Å². The highest BCUT2D eigenvalue weighted by Gasteiger charge is 2.27. The molecule has 0 amide bonds. The molecule has 0 radical (unpaired) electrons.